The number of rotatable bonds is 5. The maximum atomic E-state index is 11.0. The van der Waals surface area contributed by atoms with Gasteiger partial charge in [0, 0.05) is 13.6 Å². The third kappa shape index (κ3) is 5.54. The van der Waals surface area contributed by atoms with Crippen LogP contribution in [0.5, 0.6) is 0 Å². The molecular formula is C13H21IN4O3. The number of hydrogen-bond acceptors (Lipinski definition) is 4. The highest BCUT2D eigenvalue weighted by Gasteiger charge is 2.28. The van der Waals surface area contributed by atoms with Crippen molar-refractivity contribution in [2.75, 3.05) is 13.6 Å². The zero-order chi connectivity index (χ0) is 14.4. The van der Waals surface area contributed by atoms with Crippen molar-refractivity contribution in [2.24, 2.45) is 10.7 Å². The van der Waals surface area contributed by atoms with Crippen molar-refractivity contribution < 1.29 is 13.9 Å². The fourth-order valence-electron chi connectivity index (χ4n) is 2.08. The summed E-state index contributed by atoms with van der Waals surface area (Å²) in [6, 6.07) is 3.72. The first-order chi connectivity index (χ1) is 9.69. The molecule has 118 valence electrons. The lowest BCUT2D eigenvalue weighted by molar-refractivity contribution is -0.128. The zero-order valence-electron chi connectivity index (χ0n) is 11.9. The Labute approximate surface area is 140 Å². The van der Waals surface area contributed by atoms with E-state index >= 15 is 0 Å². The predicted molar refractivity (Wildman–Crippen MR) is 89.4 cm³/mol. The van der Waals surface area contributed by atoms with Crippen LogP contribution in [0.1, 0.15) is 18.6 Å². The van der Waals surface area contributed by atoms with Gasteiger partial charge < -0.3 is 25.5 Å². The molecule has 2 rings (SSSR count). The molecule has 1 aliphatic heterocycles. The van der Waals surface area contributed by atoms with Gasteiger partial charge in [-0.05, 0) is 25.0 Å². The molecule has 0 aliphatic carbocycles. The van der Waals surface area contributed by atoms with Crippen molar-refractivity contribution in [2.45, 2.75) is 31.6 Å². The summed E-state index contributed by atoms with van der Waals surface area (Å²) >= 11 is 0. The summed E-state index contributed by atoms with van der Waals surface area (Å²) in [6.07, 6.45) is 2.65. The first kappa shape index (κ1) is 17.8. The minimum absolute atomic E-state index is 0. The van der Waals surface area contributed by atoms with Gasteiger partial charge in [0.05, 0.1) is 18.9 Å². The average molecular weight is 408 g/mol. The summed E-state index contributed by atoms with van der Waals surface area (Å²) < 4.78 is 10.8. The summed E-state index contributed by atoms with van der Waals surface area (Å²) in [7, 11) is 1.69. The number of primary amides is 1. The first-order valence-corrected chi connectivity index (χ1v) is 6.60. The Morgan fingerprint density at radius 3 is 2.86 bits per heavy atom. The number of ether oxygens (including phenoxy) is 1. The van der Waals surface area contributed by atoms with Crippen LogP contribution in [-0.2, 0) is 16.1 Å². The Morgan fingerprint density at radius 2 is 2.29 bits per heavy atom. The maximum absolute atomic E-state index is 11.0. The number of aliphatic imine (C=N–C) groups is 1. The van der Waals surface area contributed by atoms with Gasteiger partial charge >= 0.3 is 0 Å². The summed E-state index contributed by atoms with van der Waals surface area (Å²) in [5, 5.41) is 6.28. The molecular weight excluding hydrogens is 387 g/mol. The topological polar surface area (TPSA) is 102 Å². The highest BCUT2D eigenvalue weighted by atomic mass is 127. The van der Waals surface area contributed by atoms with E-state index in [1.165, 1.54) is 0 Å². The normalized spacial score (nSPS) is 21.7. The lowest BCUT2D eigenvalue weighted by Crippen LogP contribution is -2.41. The molecule has 0 aromatic carbocycles. The van der Waals surface area contributed by atoms with Gasteiger partial charge in [-0.15, -0.1) is 24.0 Å². The van der Waals surface area contributed by atoms with Crippen LogP contribution >= 0.6 is 24.0 Å². The molecule has 0 spiro atoms. The Balaban J connectivity index is 0.00000220. The van der Waals surface area contributed by atoms with Gasteiger partial charge in [-0.25, -0.2) is 0 Å². The molecule has 21 heavy (non-hydrogen) atoms. The molecule has 7 nitrogen and oxygen atoms in total. The van der Waals surface area contributed by atoms with Crippen LogP contribution in [-0.4, -0.2) is 37.7 Å². The van der Waals surface area contributed by atoms with Crippen molar-refractivity contribution in [3.63, 3.8) is 0 Å². The molecule has 1 aliphatic rings. The summed E-state index contributed by atoms with van der Waals surface area (Å²) in [5.74, 6) is 1.10. The second kappa shape index (κ2) is 8.88. The molecule has 1 aromatic heterocycles. The number of nitrogens with one attached hydrogen (secondary N) is 2. The average Bonchev–Trinajstić information content (AvgIpc) is 3.10. The van der Waals surface area contributed by atoms with E-state index in [1.54, 1.807) is 13.3 Å². The maximum Gasteiger partial charge on any atom is 0.246 e. The van der Waals surface area contributed by atoms with Crippen LogP contribution in [0.2, 0.25) is 0 Å². The molecule has 2 atom stereocenters. The minimum atomic E-state index is -0.458. The van der Waals surface area contributed by atoms with Crippen LogP contribution in [0.4, 0.5) is 0 Å². The Kier molecular flexibility index (Phi) is 7.51. The largest absolute Gasteiger partial charge is 0.467 e. The smallest absolute Gasteiger partial charge is 0.246 e. The van der Waals surface area contributed by atoms with E-state index in [1.807, 2.05) is 12.1 Å². The predicted octanol–water partition coefficient (Wildman–Crippen LogP) is 0.595. The lowest BCUT2D eigenvalue weighted by atomic mass is 10.2. The summed E-state index contributed by atoms with van der Waals surface area (Å²) in [4.78, 5) is 15.1. The lowest BCUT2D eigenvalue weighted by Gasteiger charge is -2.15. The number of carbonyl (C=O) groups is 1. The van der Waals surface area contributed by atoms with Crippen molar-refractivity contribution >= 4 is 35.8 Å². The molecule has 2 heterocycles. The molecule has 4 N–H and O–H groups in total. The fourth-order valence-corrected chi connectivity index (χ4v) is 2.08. The number of amides is 1. The van der Waals surface area contributed by atoms with Crippen LogP contribution in [0, 0.1) is 0 Å². The molecule has 8 heteroatoms. The van der Waals surface area contributed by atoms with Gasteiger partial charge in [0.2, 0.25) is 5.91 Å². The number of nitrogens with zero attached hydrogens (tertiary/aromatic N) is 1. The molecule has 2 unspecified atom stereocenters. The standard InChI is InChI=1S/C13H20N4O3.HI/c1-15-13(16-7-9-3-2-6-19-9)17-8-10-4-5-11(20-10)12(14)18;/h2-3,6,10-11H,4-5,7-8H2,1H3,(H2,14,18)(H2,15,16,17);1H. The van der Waals surface area contributed by atoms with E-state index in [0.29, 0.717) is 25.5 Å². The van der Waals surface area contributed by atoms with Crippen molar-refractivity contribution in [3.05, 3.63) is 24.2 Å². The Hall–Kier alpha value is -1.29. The van der Waals surface area contributed by atoms with Crippen LogP contribution in [0.3, 0.4) is 0 Å². The third-order valence-corrected chi connectivity index (χ3v) is 3.16. The van der Waals surface area contributed by atoms with Gasteiger partial charge in [0.15, 0.2) is 5.96 Å². The zero-order valence-corrected chi connectivity index (χ0v) is 14.2. The Bertz CT molecular complexity index is 464. The summed E-state index contributed by atoms with van der Waals surface area (Å²) in [6.45, 7) is 1.14. The Morgan fingerprint density at radius 1 is 1.48 bits per heavy atom. The number of nitrogens with two attached hydrogens (primary N) is 1. The highest BCUT2D eigenvalue weighted by Crippen LogP contribution is 2.18. The van der Waals surface area contributed by atoms with Gasteiger partial charge in [-0.2, -0.15) is 0 Å². The van der Waals surface area contributed by atoms with E-state index in [9.17, 15) is 4.79 Å². The van der Waals surface area contributed by atoms with Crippen LogP contribution < -0.4 is 16.4 Å². The molecule has 1 amide bonds. The second-order valence-electron chi connectivity index (χ2n) is 4.61. The molecule has 0 bridgehead atoms. The monoisotopic (exact) mass is 408 g/mol. The first-order valence-electron chi connectivity index (χ1n) is 6.60. The van der Waals surface area contributed by atoms with E-state index in [0.717, 1.165) is 12.2 Å². The van der Waals surface area contributed by atoms with Crippen molar-refractivity contribution in [1.29, 1.82) is 0 Å². The van der Waals surface area contributed by atoms with Crippen molar-refractivity contribution in [1.82, 2.24) is 10.6 Å². The summed E-state index contributed by atoms with van der Waals surface area (Å²) in [5.41, 5.74) is 5.21. The highest BCUT2D eigenvalue weighted by molar-refractivity contribution is 14.0. The van der Waals surface area contributed by atoms with Gasteiger partial charge in [0.25, 0.3) is 0 Å². The number of furan rings is 1. The number of halogens is 1. The molecule has 0 saturated carbocycles. The van der Waals surface area contributed by atoms with E-state index in [4.69, 9.17) is 14.9 Å². The van der Waals surface area contributed by atoms with Gasteiger partial charge in [0.1, 0.15) is 11.9 Å². The number of carbonyl (C=O) groups excluding carboxylic acids is 1. The van der Waals surface area contributed by atoms with Crippen LogP contribution in [0.15, 0.2) is 27.8 Å². The molecule has 1 aromatic rings. The van der Waals surface area contributed by atoms with E-state index in [2.05, 4.69) is 15.6 Å². The van der Waals surface area contributed by atoms with E-state index < -0.39 is 12.0 Å². The molecule has 1 fully saturated rings. The van der Waals surface area contributed by atoms with E-state index in [-0.39, 0.29) is 30.1 Å². The second-order valence-corrected chi connectivity index (χ2v) is 4.61. The third-order valence-electron chi connectivity index (χ3n) is 3.16. The quantitative estimate of drug-likeness (QED) is 0.376. The molecule has 1 saturated heterocycles. The fraction of sp³-hybridized carbons (Fsp3) is 0.538. The van der Waals surface area contributed by atoms with Crippen LogP contribution in [0.25, 0.3) is 0 Å². The van der Waals surface area contributed by atoms with Gasteiger partial charge in [-0.3, -0.25) is 9.79 Å². The number of hydrogen-bond donors (Lipinski definition) is 3. The van der Waals surface area contributed by atoms with Gasteiger partial charge in [-0.1, -0.05) is 0 Å². The number of guanidine groups is 1. The minimum Gasteiger partial charge on any atom is -0.467 e. The molecule has 0 radical (unpaired) electrons. The van der Waals surface area contributed by atoms with Crippen molar-refractivity contribution in [3.8, 4) is 0 Å². The SMILES string of the molecule is CN=C(NCc1ccco1)NCC1CCC(C(N)=O)O1.I.